The first kappa shape index (κ1) is 10.4. The predicted molar refractivity (Wildman–Crippen MR) is 58.2 cm³/mol. The van der Waals surface area contributed by atoms with Crippen LogP contribution in [0.4, 0.5) is 0 Å². The molecule has 0 aliphatic rings. The molecule has 0 saturated carbocycles. The molecule has 4 nitrogen and oxygen atoms in total. The monoisotopic (exact) mass is 225 g/mol. The van der Waals surface area contributed by atoms with Gasteiger partial charge in [0.25, 0.3) is 0 Å². The van der Waals surface area contributed by atoms with E-state index in [1.807, 2.05) is 18.3 Å². The Kier molecular flexibility index (Phi) is 3.18. The summed E-state index contributed by atoms with van der Waals surface area (Å²) in [4.78, 5) is 4.42. The van der Waals surface area contributed by atoms with Crippen molar-refractivity contribution in [1.82, 2.24) is 14.6 Å². The summed E-state index contributed by atoms with van der Waals surface area (Å²) >= 11 is 6.05. The van der Waals surface area contributed by atoms with Crippen molar-refractivity contribution in [1.29, 1.82) is 0 Å². The molecule has 2 heterocycles. The first-order valence-corrected chi connectivity index (χ1v) is 5.15. The van der Waals surface area contributed by atoms with Crippen LogP contribution < -0.4 is 0 Å². The fourth-order valence-electron chi connectivity index (χ4n) is 1.43. The molecule has 2 aromatic heterocycles. The van der Waals surface area contributed by atoms with E-state index in [-0.39, 0.29) is 5.38 Å². The van der Waals surface area contributed by atoms with Crippen molar-refractivity contribution >= 4 is 17.2 Å². The Morgan fingerprint density at radius 2 is 2.40 bits per heavy atom. The number of halogens is 1. The SMILES string of the molecule is COCC(Cl)Cc1ccn2nccc2n1. The zero-order valence-electron chi connectivity index (χ0n) is 8.43. The molecule has 2 aromatic rings. The number of hydrogen-bond donors (Lipinski definition) is 0. The minimum atomic E-state index is -0.0344. The largest absolute Gasteiger partial charge is 0.383 e. The molecule has 2 rings (SSSR count). The lowest BCUT2D eigenvalue weighted by Gasteiger charge is -2.07. The first-order valence-electron chi connectivity index (χ1n) is 4.72. The van der Waals surface area contributed by atoms with Crippen LogP contribution >= 0.6 is 11.6 Å². The highest BCUT2D eigenvalue weighted by Crippen LogP contribution is 2.07. The molecule has 15 heavy (non-hydrogen) atoms. The molecule has 80 valence electrons. The normalized spacial score (nSPS) is 13.2. The van der Waals surface area contributed by atoms with E-state index >= 15 is 0 Å². The molecular formula is C10H12ClN3O. The molecule has 0 fully saturated rings. The Morgan fingerprint density at radius 1 is 1.53 bits per heavy atom. The van der Waals surface area contributed by atoms with Crippen LogP contribution in [0.1, 0.15) is 5.69 Å². The third kappa shape index (κ3) is 2.46. The van der Waals surface area contributed by atoms with Crippen molar-refractivity contribution < 1.29 is 4.74 Å². The molecule has 0 bridgehead atoms. The van der Waals surface area contributed by atoms with Crippen molar-refractivity contribution in [2.45, 2.75) is 11.8 Å². The van der Waals surface area contributed by atoms with Gasteiger partial charge in [-0.15, -0.1) is 11.6 Å². The van der Waals surface area contributed by atoms with Crippen LogP contribution in [0.5, 0.6) is 0 Å². The molecule has 0 amide bonds. The van der Waals surface area contributed by atoms with Gasteiger partial charge in [0.05, 0.1) is 18.2 Å². The molecule has 0 saturated heterocycles. The lowest BCUT2D eigenvalue weighted by Crippen LogP contribution is -2.11. The second-order valence-corrected chi connectivity index (χ2v) is 3.93. The number of aromatic nitrogens is 3. The van der Waals surface area contributed by atoms with Crippen molar-refractivity contribution in [3.05, 3.63) is 30.2 Å². The Balaban J connectivity index is 2.14. The van der Waals surface area contributed by atoms with Crippen molar-refractivity contribution in [2.75, 3.05) is 13.7 Å². The highest BCUT2D eigenvalue weighted by atomic mass is 35.5. The Hall–Kier alpha value is -1.13. The zero-order chi connectivity index (χ0) is 10.7. The molecule has 1 unspecified atom stereocenters. The maximum Gasteiger partial charge on any atom is 0.155 e. The van der Waals surface area contributed by atoms with Gasteiger partial charge >= 0.3 is 0 Å². The van der Waals surface area contributed by atoms with E-state index in [4.69, 9.17) is 16.3 Å². The number of ether oxygens (including phenoxy) is 1. The summed E-state index contributed by atoms with van der Waals surface area (Å²) in [5, 5.41) is 4.04. The average Bonchev–Trinajstić information content (AvgIpc) is 2.65. The summed E-state index contributed by atoms with van der Waals surface area (Å²) in [5.74, 6) is 0. The number of fused-ring (bicyclic) bond motifs is 1. The fraction of sp³-hybridized carbons (Fsp3) is 0.400. The quantitative estimate of drug-likeness (QED) is 0.741. The fourth-order valence-corrected chi connectivity index (χ4v) is 1.72. The third-order valence-electron chi connectivity index (χ3n) is 2.09. The Morgan fingerprint density at radius 3 is 3.20 bits per heavy atom. The molecule has 0 aromatic carbocycles. The second-order valence-electron chi connectivity index (χ2n) is 3.31. The lowest BCUT2D eigenvalue weighted by atomic mass is 10.2. The summed E-state index contributed by atoms with van der Waals surface area (Å²) in [6.45, 7) is 0.535. The van der Waals surface area contributed by atoms with Crippen LogP contribution in [0.15, 0.2) is 24.5 Å². The van der Waals surface area contributed by atoms with Gasteiger partial charge in [-0.25, -0.2) is 9.50 Å². The lowest BCUT2D eigenvalue weighted by molar-refractivity contribution is 0.197. The van der Waals surface area contributed by atoms with E-state index in [1.165, 1.54) is 0 Å². The zero-order valence-corrected chi connectivity index (χ0v) is 9.18. The van der Waals surface area contributed by atoms with Gasteiger partial charge in [0.15, 0.2) is 5.65 Å². The topological polar surface area (TPSA) is 39.4 Å². The number of rotatable bonds is 4. The van der Waals surface area contributed by atoms with Crippen molar-refractivity contribution in [3.63, 3.8) is 0 Å². The van der Waals surface area contributed by atoms with Gasteiger partial charge in [-0.2, -0.15) is 5.10 Å². The maximum absolute atomic E-state index is 6.05. The number of alkyl halides is 1. The minimum absolute atomic E-state index is 0.0344. The summed E-state index contributed by atoms with van der Waals surface area (Å²) in [6, 6.07) is 3.79. The Bertz CT molecular complexity index is 443. The van der Waals surface area contributed by atoms with Gasteiger partial charge < -0.3 is 4.74 Å². The van der Waals surface area contributed by atoms with Gasteiger partial charge in [-0.1, -0.05) is 0 Å². The average molecular weight is 226 g/mol. The van der Waals surface area contributed by atoms with Gasteiger partial charge in [0.2, 0.25) is 0 Å². The van der Waals surface area contributed by atoms with Gasteiger partial charge in [-0.05, 0) is 6.07 Å². The predicted octanol–water partition coefficient (Wildman–Crippen LogP) is 1.53. The molecular weight excluding hydrogens is 214 g/mol. The van der Waals surface area contributed by atoms with E-state index < -0.39 is 0 Å². The third-order valence-corrected chi connectivity index (χ3v) is 2.37. The van der Waals surface area contributed by atoms with Crippen molar-refractivity contribution in [3.8, 4) is 0 Å². The second kappa shape index (κ2) is 4.59. The van der Waals surface area contributed by atoms with E-state index in [0.29, 0.717) is 13.0 Å². The highest BCUT2D eigenvalue weighted by molar-refractivity contribution is 6.20. The molecule has 5 heteroatoms. The summed E-state index contributed by atoms with van der Waals surface area (Å²) in [7, 11) is 1.64. The number of nitrogens with zero attached hydrogens (tertiary/aromatic N) is 3. The molecule has 0 spiro atoms. The van der Waals surface area contributed by atoms with Crippen LogP contribution in [0, 0.1) is 0 Å². The molecule has 0 N–H and O–H groups in total. The van der Waals surface area contributed by atoms with E-state index in [1.54, 1.807) is 17.8 Å². The van der Waals surface area contributed by atoms with Crippen molar-refractivity contribution in [2.24, 2.45) is 0 Å². The summed E-state index contributed by atoms with van der Waals surface area (Å²) in [6.07, 6.45) is 4.31. The van der Waals surface area contributed by atoms with Gasteiger partial charge in [0, 0.05) is 31.5 Å². The van der Waals surface area contributed by atoms with E-state index in [9.17, 15) is 0 Å². The van der Waals surface area contributed by atoms with Gasteiger partial charge in [-0.3, -0.25) is 0 Å². The maximum atomic E-state index is 6.05. The molecule has 0 radical (unpaired) electrons. The summed E-state index contributed by atoms with van der Waals surface area (Å²) in [5.41, 5.74) is 1.80. The van der Waals surface area contributed by atoms with Crippen LogP contribution in [-0.4, -0.2) is 33.7 Å². The number of methoxy groups -OCH3 is 1. The van der Waals surface area contributed by atoms with Crippen LogP contribution in [0.2, 0.25) is 0 Å². The van der Waals surface area contributed by atoms with Crippen LogP contribution in [0.3, 0.4) is 0 Å². The van der Waals surface area contributed by atoms with Crippen LogP contribution in [-0.2, 0) is 11.2 Å². The number of hydrogen-bond acceptors (Lipinski definition) is 3. The smallest absolute Gasteiger partial charge is 0.155 e. The Labute approximate surface area is 92.8 Å². The molecule has 0 aliphatic carbocycles. The molecule has 1 atom stereocenters. The first-order chi connectivity index (χ1) is 7.29. The van der Waals surface area contributed by atoms with Gasteiger partial charge in [0.1, 0.15) is 0 Å². The summed E-state index contributed by atoms with van der Waals surface area (Å²) < 4.78 is 6.70. The van der Waals surface area contributed by atoms with Crippen LogP contribution in [0.25, 0.3) is 5.65 Å². The van der Waals surface area contributed by atoms with E-state index in [2.05, 4.69) is 10.1 Å². The standard InChI is InChI=1S/C10H12ClN3O/c1-15-7-8(11)6-9-3-5-14-10(13-9)2-4-12-14/h2-5,8H,6-7H2,1H3. The highest BCUT2D eigenvalue weighted by Gasteiger charge is 2.07. The molecule has 0 aliphatic heterocycles. The van der Waals surface area contributed by atoms with E-state index in [0.717, 1.165) is 11.3 Å². The minimum Gasteiger partial charge on any atom is -0.383 e.